The quantitative estimate of drug-likeness (QED) is 0.829. The number of urea groups is 1. The van der Waals surface area contributed by atoms with Crippen molar-refractivity contribution in [3.8, 4) is 0 Å². The summed E-state index contributed by atoms with van der Waals surface area (Å²) in [5, 5.41) is 7.29. The highest BCUT2D eigenvalue weighted by Crippen LogP contribution is 2.37. The second-order valence-corrected chi connectivity index (χ2v) is 9.04. The molecule has 3 atom stereocenters. The van der Waals surface area contributed by atoms with Gasteiger partial charge in [-0.3, -0.25) is 9.78 Å². The van der Waals surface area contributed by atoms with Crippen molar-refractivity contribution in [1.29, 1.82) is 0 Å². The van der Waals surface area contributed by atoms with Crippen LogP contribution in [0.1, 0.15) is 69.0 Å². The number of aryl methyl sites for hydroxylation is 2. The largest absolute Gasteiger partial charge is 0.335 e. The Morgan fingerprint density at radius 1 is 1.10 bits per heavy atom. The number of carbonyl (C=O) groups excluding carboxylic acids is 1. The summed E-state index contributed by atoms with van der Waals surface area (Å²) in [6, 6.07) is 4.35. The van der Waals surface area contributed by atoms with Gasteiger partial charge in [-0.05, 0) is 63.0 Å². The van der Waals surface area contributed by atoms with Crippen molar-refractivity contribution >= 4 is 16.9 Å². The van der Waals surface area contributed by atoms with Crippen LogP contribution < -0.4 is 16.2 Å². The first kappa shape index (κ1) is 19.9. The van der Waals surface area contributed by atoms with Crippen LogP contribution in [0, 0.1) is 12.8 Å². The van der Waals surface area contributed by atoms with Gasteiger partial charge < -0.3 is 15.2 Å². The van der Waals surface area contributed by atoms with Gasteiger partial charge in [-0.25, -0.2) is 4.79 Å². The van der Waals surface area contributed by atoms with Crippen molar-refractivity contribution in [3.05, 3.63) is 39.9 Å². The van der Waals surface area contributed by atoms with E-state index in [2.05, 4.69) is 22.5 Å². The van der Waals surface area contributed by atoms with Gasteiger partial charge in [0, 0.05) is 42.0 Å². The predicted octanol–water partition coefficient (Wildman–Crippen LogP) is 3.76. The molecule has 6 heteroatoms. The molecule has 2 aromatic heterocycles. The average molecular weight is 397 g/mol. The van der Waals surface area contributed by atoms with E-state index in [4.69, 9.17) is 0 Å². The molecule has 156 valence electrons. The van der Waals surface area contributed by atoms with Crippen LogP contribution in [0.2, 0.25) is 0 Å². The number of rotatable bonds is 3. The van der Waals surface area contributed by atoms with Crippen molar-refractivity contribution in [2.75, 3.05) is 0 Å². The normalized spacial score (nSPS) is 25.3. The Balaban J connectivity index is 1.54. The van der Waals surface area contributed by atoms with Gasteiger partial charge in [-0.2, -0.15) is 0 Å². The molecule has 0 aromatic carbocycles. The highest BCUT2D eigenvalue weighted by molar-refractivity contribution is 5.79. The Bertz CT molecular complexity index is 961. The minimum absolute atomic E-state index is 0.0544. The third kappa shape index (κ3) is 4.16. The van der Waals surface area contributed by atoms with Crippen molar-refractivity contribution < 1.29 is 4.79 Å². The molecule has 29 heavy (non-hydrogen) atoms. The van der Waals surface area contributed by atoms with Crippen molar-refractivity contribution in [3.63, 3.8) is 0 Å². The molecule has 2 fully saturated rings. The lowest BCUT2D eigenvalue weighted by atomic mass is 9.74. The number of fused-ring (bicyclic) bond motifs is 1. The van der Waals surface area contributed by atoms with Gasteiger partial charge in [0.15, 0.2) is 0 Å². The lowest BCUT2D eigenvalue weighted by Gasteiger charge is -2.35. The van der Waals surface area contributed by atoms with Gasteiger partial charge >= 0.3 is 6.03 Å². The molecule has 6 nitrogen and oxygen atoms in total. The summed E-state index contributed by atoms with van der Waals surface area (Å²) in [5.41, 5.74) is 2.74. The fourth-order valence-corrected chi connectivity index (χ4v) is 5.12. The SMILES string of the molecule is Cc1cc2c(cn1)cc(C1CC(NC(=O)NC3CCCC3)CCC1C)c(=O)n2C. The summed E-state index contributed by atoms with van der Waals surface area (Å²) in [6.07, 6.45) is 9.19. The molecule has 2 aliphatic rings. The van der Waals surface area contributed by atoms with Gasteiger partial charge in [0.2, 0.25) is 0 Å². The summed E-state index contributed by atoms with van der Waals surface area (Å²) < 4.78 is 1.75. The Morgan fingerprint density at radius 3 is 2.59 bits per heavy atom. The Kier molecular flexibility index (Phi) is 5.61. The second-order valence-electron chi connectivity index (χ2n) is 9.04. The van der Waals surface area contributed by atoms with Gasteiger partial charge in [-0.1, -0.05) is 19.8 Å². The van der Waals surface area contributed by atoms with E-state index in [9.17, 15) is 9.59 Å². The van der Waals surface area contributed by atoms with E-state index in [-0.39, 0.29) is 23.6 Å². The standard InChI is InChI=1S/C23H32N4O2/c1-14-8-9-18(26-23(29)25-17-6-4-5-7-17)12-19(14)20-11-16-13-24-15(2)10-21(16)27(3)22(20)28/h10-11,13-14,17-19H,4-9,12H2,1-3H3,(H2,25,26,29). The lowest BCUT2D eigenvalue weighted by molar-refractivity contribution is 0.219. The Hall–Kier alpha value is -2.37. The third-order valence-corrected chi connectivity index (χ3v) is 6.89. The average Bonchev–Trinajstić information content (AvgIpc) is 3.19. The molecule has 2 aromatic rings. The number of amides is 2. The molecule has 2 amide bonds. The number of carbonyl (C=O) groups is 1. The van der Waals surface area contributed by atoms with Crippen LogP contribution in [-0.2, 0) is 7.05 Å². The van der Waals surface area contributed by atoms with Crippen LogP contribution in [0.4, 0.5) is 4.79 Å². The van der Waals surface area contributed by atoms with Crippen LogP contribution in [0.25, 0.3) is 10.9 Å². The molecule has 0 saturated heterocycles. The van der Waals surface area contributed by atoms with E-state index < -0.39 is 0 Å². The molecule has 2 N–H and O–H groups in total. The lowest BCUT2D eigenvalue weighted by Crippen LogP contribution is -2.47. The van der Waals surface area contributed by atoms with Gasteiger partial charge in [0.05, 0.1) is 5.52 Å². The molecular formula is C23H32N4O2. The van der Waals surface area contributed by atoms with E-state index >= 15 is 0 Å². The molecule has 2 aliphatic carbocycles. The minimum atomic E-state index is -0.0544. The zero-order chi connectivity index (χ0) is 20.5. The zero-order valence-corrected chi connectivity index (χ0v) is 17.7. The van der Waals surface area contributed by atoms with Gasteiger partial charge in [-0.15, -0.1) is 0 Å². The van der Waals surface area contributed by atoms with E-state index in [0.717, 1.165) is 54.3 Å². The molecular weight excluding hydrogens is 364 g/mol. The Labute approximate surface area is 172 Å². The molecule has 0 spiro atoms. The monoisotopic (exact) mass is 396 g/mol. The molecule has 0 bridgehead atoms. The van der Waals surface area contributed by atoms with Crippen molar-refractivity contribution in [2.24, 2.45) is 13.0 Å². The zero-order valence-electron chi connectivity index (χ0n) is 17.7. The first-order valence-electron chi connectivity index (χ1n) is 11.0. The van der Waals surface area contributed by atoms with Gasteiger partial charge in [0.25, 0.3) is 5.56 Å². The number of hydrogen-bond acceptors (Lipinski definition) is 3. The summed E-state index contributed by atoms with van der Waals surface area (Å²) in [7, 11) is 1.84. The van der Waals surface area contributed by atoms with Crippen molar-refractivity contribution in [1.82, 2.24) is 20.2 Å². The number of pyridine rings is 2. The highest BCUT2D eigenvalue weighted by atomic mass is 16.2. The second kappa shape index (κ2) is 8.17. The Morgan fingerprint density at radius 2 is 1.83 bits per heavy atom. The molecule has 2 saturated carbocycles. The van der Waals surface area contributed by atoms with E-state index in [1.165, 1.54) is 12.8 Å². The highest BCUT2D eigenvalue weighted by Gasteiger charge is 2.32. The maximum absolute atomic E-state index is 13.1. The molecule has 3 unspecified atom stereocenters. The number of nitrogens with one attached hydrogen (secondary N) is 2. The molecule has 0 radical (unpaired) electrons. The number of hydrogen-bond donors (Lipinski definition) is 2. The van der Waals surface area contributed by atoms with Crippen LogP contribution in [0.15, 0.2) is 23.1 Å². The number of nitrogens with zero attached hydrogens (tertiary/aromatic N) is 2. The van der Waals surface area contributed by atoms with Crippen LogP contribution in [0.5, 0.6) is 0 Å². The summed E-state index contributed by atoms with van der Waals surface area (Å²) in [4.78, 5) is 30.0. The van der Waals surface area contributed by atoms with Crippen LogP contribution in [-0.4, -0.2) is 27.7 Å². The maximum atomic E-state index is 13.1. The smallest absolute Gasteiger partial charge is 0.315 e. The van der Waals surface area contributed by atoms with Crippen molar-refractivity contribution in [2.45, 2.75) is 76.8 Å². The van der Waals surface area contributed by atoms with Gasteiger partial charge in [0.1, 0.15) is 0 Å². The fraction of sp³-hybridized carbons (Fsp3) is 0.609. The first-order chi connectivity index (χ1) is 13.9. The van der Waals surface area contributed by atoms with Crippen LogP contribution in [0.3, 0.4) is 0 Å². The summed E-state index contributed by atoms with van der Waals surface area (Å²) >= 11 is 0. The molecule has 0 aliphatic heterocycles. The first-order valence-corrected chi connectivity index (χ1v) is 11.0. The fourth-order valence-electron chi connectivity index (χ4n) is 5.12. The topological polar surface area (TPSA) is 76.0 Å². The maximum Gasteiger partial charge on any atom is 0.315 e. The predicted molar refractivity (Wildman–Crippen MR) is 115 cm³/mol. The molecule has 4 rings (SSSR count). The van der Waals surface area contributed by atoms with Crippen LogP contribution >= 0.6 is 0 Å². The van der Waals surface area contributed by atoms with E-state index in [0.29, 0.717) is 12.0 Å². The summed E-state index contributed by atoms with van der Waals surface area (Å²) in [6.45, 7) is 4.16. The molecule has 2 heterocycles. The minimum Gasteiger partial charge on any atom is -0.335 e. The third-order valence-electron chi connectivity index (χ3n) is 6.89. The number of aromatic nitrogens is 2. The summed E-state index contributed by atoms with van der Waals surface area (Å²) in [5.74, 6) is 0.555. The van der Waals surface area contributed by atoms with E-state index in [1.54, 1.807) is 4.57 Å². The van der Waals surface area contributed by atoms with E-state index in [1.807, 2.05) is 32.3 Å².